The van der Waals surface area contributed by atoms with Gasteiger partial charge in [0.05, 0.1) is 11.3 Å². The van der Waals surface area contributed by atoms with Crippen molar-refractivity contribution >= 4 is 5.97 Å². The summed E-state index contributed by atoms with van der Waals surface area (Å²) in [5.41, 5.74) is 2.05. The van der Waals surface area contributed by atoms with E-state index in [2.05, 4.69) is 14.9 Å². The van der Waals surface area contributed by atoms with Crippen LogP contribution in [0.3, 0.4) is 0 Å². The van der Waals surface area contributed by atoms with Crippen molar-refractivity contribution in [3.63, 3.8) is 0 Å². The zero-order valence-corrected chi connectivity index (χ0v) is 11.5. The van der Waals surface area contributed by atoms with E-state index >= 15 is 0 Å². The molecular formula is C15H17N3O2. The number of carboxylic acid groups (broad SMARTS) is 1. The summed E-state index contributed by atoms with van der Waals surface area (Å²) in [7, 11) is 1.95. The predicted octanol–water partition coefficient (Wildman–Crippen LogP) is 2.37. The van der Waals surface area contributed by atoms with E-state index < -0.39 is 5.97 Å². The van der Waals surface area contributed by atoms with E-state index in [1.165, 1.54) is 6.33 Å². The molecule has 0 aliphatic carbocycles. The van der Waals surface area contributed by atoms with E-state index in [1.54, 1.807) is 18.3 Å². The number of hydrogen-bond donors (Lipinski definition) is 1. The Morgan fingerprint density at radius 2 is 2.10 bits per heavy atom. The predicted molar refractivity (Wildman–Crippen MR) is 75.3 cm³/mol. The number of hydrogen-bond acceptors (Lipinski definition) is 4. The summed E-state index contributed by atoms with van der Waals surface area (Å²) in [6.07, 6.45) is 3.22. The lowest BCUT2D eigenvalue weighted by molar-refractivity contribution is 0.0694. The van der Waals surface area contributed by atoms with Gasteiger partial charge < -0.3 is 5.11 Å². The lowest BCUT2D eigenvalue weighted by Crippen LogP contribution is -2.23. The molecule has 1 aromatic carbocycles. The number of aromatic carboxylic acids is 1. The summed E-state index contributed by atoms with van der Waals surface area (Å²) in [5, 5.41) is 9.20. The maximum atomic E-state index is 11.2. The number of carboxylic acids is 1. The third-order valence-corrected chi connectivity index (χ3v) is 3.36. The van der Waals surface area contributed by atoms with Crippen molar-refractivity contribution in [2.24, 2.45) is 0 Å². The Balaban J connectivity index is 2.16. The Morgan fingerprint density at radius 3 is 2.75 bits per heavy atom. The third kappa shape index (κ3) is 3.19. The lowest BCUT2D eigenvalue weighted by atomic mass is 10.1. The Labute approximate surface area is 117 Å². The van der Waals surface area contributed by atoms with Gasteiger partial charge in [0.2, 0.25) is 0 Å². The molecule has 1 heterocycles. The summed E-state index contributed by atoms with van der Waals surface area (Å²) in [6.45, 7) is 2.58. The van der Waals surface area contributed by atoms with Crippen LogP contribution in [-0.2, 0) is 6.54 Å². The number of nitrogens with zero attached hydrogens (tertiary/aromatic N) is 3. The maximum absolute atomic E-state index is 11.2. The fourth-order valence-corrected chi connectivity index (χ4v) is 2.05. The van der Waals surface area contributed by atoms with E-state index in [0.717, 1.165) is 11.3 Å². The quantitative estimate of drug-likeness (QED) is 0.904. The van der Waals surface area contributed by atoms with Gasteiger partial charge in [0.25, 0.3) is 0 Å². The molecule has 0 saturated carbocycles. The third-order valence-electron chi connectivity index (χ3n) is 3.36. The molecule has 2 rings (SSSR count). The van der Waals surface area contributed by atoms with Gasteiger partial charge in [0, 0.05) is 18.8 Å². The van der Waals surface area contributed by atoms with Crippen molar-refractivity contribution in [3.8, 4) is 0 Å². The maximum Gasteiger partial charge on any atom is 0.336 e. The van der Waals surface area contributed by atoms with Crippen molar-refractivity contribution in [2.75, 3.05) is 7.05 Å². The molecule has 0 amide bonds. The van der Waals surface area contributed by atoms with E-state index in [0.29, 0.717) is 12.1 Å². The molecule has 0 radical (unpaired) electrons. The summed E-state index contributed by atoms with van der Waals surface area (Å²) in [5.74, 6) is -0.899. The molecule has 0 bridgehead atoms. The van der Waals surface area contributed by atoms with Gasteiger partial charge in [-0.25, -0.2) is 14.8 Å². The SMILES string of the molecule is C[C@H](c1ccncn1)N(C)Cc1ccccc1C(=O)O. The zero-order chi connectivity index (χ0) is 14.5. The Kier molecular flexibility index (Phi) is 4.42. The Bertz CT molecular complexity index is 587. The van der Waals surface area contributed by atoms with Gasteiger partial charge in [-0.3, -0.25) is 4.90 Å². The second-order valence-corrected chi connectivity index (χ2v) is 4.69. The van der Waals surface area contributed by atoms with E-state index in [9.17, 15) is 9.90 Å². The second-order valence-electron chi connectivity index (χ2n) is 4.69. The first kappa shape index (κ1) is 14.1. The van der Waals surface area contributed by atoms with E-state index in [-0.39, 0.29) is 6.04 Å². The van der Waals surface area contributed by atoms with E-state index in [4.69, 9.17) is 0 Å². The minimum Gasteiger partial charge on any atom is -0.478 e. The van der Waals surface area contributed by atoms with Crippen LogP contribution in [-0.4, -0.2) is 33.0 Å². The highest BCUT2D eigenvalue weighted by Gasteiger charge is 2.16. The van der Waals surface area contributed by atoms with Gasteiger partial charge in [-0.2, -0.15) is 0 Å². The largest absolute Gasteiger partial charge is 0.478 e. The lowest BCUT2D eigenvalue weighted by Gasteiger charge is -2.24. The molecule has 1 aromatic heterocycles. The summed E-state index contributed by atoms with van der Waals surface area (Å²) in [4.78, 5) is 21.4. The molecule has 0 unspecified atom stereocenters. The number of aromatic nitrogens is 2. The van der Waals surface area contributed by atoms with Crippen LogP contribution in [0.15, 0.2) is 42.9 Å². The van der Waals surface area contributed by atoms with Crippen LogP contribution in [0.1, 0.15) is 34.6 Å². The van der Waals surface area contributed by atoms with Gasteiger partial charge in [0.1, 0.15) is 6.33 Å². The van der Waals surface area contributed by atoms with Crippen molar-refractivity contribution in [1.29, 1.82) is 0 Å². The minimum absolute atomic E-state index is 0.0832. The topological polar surface area (TPSA) is 66.3 Å². The summed E-state index contributed by atoms with van der Waals surface area (Å²) in [6, 6.07) is 9.00. The molecule has 0 aliphatic heterocycles. The second kappa shape index (κ2) is 6.25. The number of rotatable bonds is 5. The first-order chi connectivity index (χ1) is 9.59. The van der Waals surface area contributed by atoms with Crippen LogP contribution in [0.5, 0.6) is 0 Å². The molecule has 5 heteroatoms. The molecule has 0 fully saturated rings. The normalized spacial score (nSPS) is 12.3. The Hall–Kier alpha value is -2.27. The summed E-state index contributed by atoms with van der Waals surface area (Å²) >= 11 is 0. The molecule has 5 nitrogen and oxygen atoms in total. The van der Waals surface area contributed by atoms with Gasteiger partial charge in [-0.1, -0.05) is 18.2 Å². The average Bonchev–Trinajstić information content (AvgIpc) is 2.47. The fourth-order valence-electron chi connectivity index (χ4n) is 2.05. The molecule has 2 aromatic rings. The molecule has 1 atom stereocenters. The van der Waals surface area contributed by atoms with Gasteiger partial charge in [0.15, 0.2) is 0 Å². The van der Waals surface area contributed by atoms with Crippen LogP contribution >= 0.6 is 0 Å². The summed E-state index contributed by atoms with van der Waals surface area (Å²) < 4.78 is 0. The minimum atomic E-state index is -0.899. The van der Waals surface area contributed by atoms with Crippen molar-refractivity contribution in [1.82, 2.24) is 14.9 Å². The number of carbonyl (C=O) groups is 1. The molecule has 20 heavy (non-hydrogen) atoms. The molecule has 0 saturated heterocycles. The fraction of sp³-hybridized carbons (Fsp3) is 0.267. The van der Waals surface area contributed by atoms with Crippen LogP contribution in [0.2, 0.25) is 0 Å². The van der Waals surface area contributed by atoms with Crippen LogP contribution in [0.25, 0.3) is 0 Å². The van der Waals surface area contributed by atoms with Gasteiger partial charge in [-0.15, -0.1) is 0 Å². The molecule has 0 spiro atoms. The van der Waals surface area contributed by atoms with Crippen molar-refractivity contribution < 1.29 is 9.90 Å². The highest BCUT2D eigenvalue weighted by atomic mass is 16.4. The first-order valence-electron chi connectivity index (χ1n) is 6.37. The van der Waals surface area contributed by atoms with Gasteiger partial charge >= 0.3 is 5.97 Å². The van der Waals surface area contributed by atoms with E-state index in [1.807, 2.05) is 32.2 Å². The van der Waals surface area contributed by atoms with Crippen LogP contribution in [0, 0.1) is 0 Å². The standard InChI is InChI=1S/C15H17N3O2/c1-11(14-7-8-16-10-17-14)18(2)9-12-5-3-4-6-13(12)15(19)20/h3-8,10-11H,9H2,1-2H3,(H,19,20)/t11-/m1/s1. The smallest absolute Gasteiger partial charge is 0.336 e. The first-order valence-corrected chi connectivity index (χ1v) is 6.37. The van der Waals surface area contributed by atoms with Crippen molar-refractivity contribution in [2.45, 2.75) is 19.5 Å². The van der Waals surface area contributed by atoms with Crippen LogP contribution in [0.4, 0.5) is 0 Å². The highest BCUT2D eigenvalue weighted by Crippen LogP contribution is 2.19. The van der Waals surface area contributed by atoms with Gasteiger partial charge in [-0.05, 0) is 31.7 Å². The molecule has 104 valence electrons. The Morgan fingerprint density at radius 1 is 1.35 bits per heavy atom. The molecular weight excluding hydrogens is 254 g/mol. The zero-order valence-electron chi connectivity index (χ0n) is 11.5. The van der Waals surface area contributed by atoms with Crippen LogP contribution < -0.4 is 0 Å². The molecule has 0 aliphatic rings. The van der Waals surface area contributed by atoms with Crippen molar-refractivity contribution in [3.05, 3.63) is 59.7 Å². The number of benzene rings is 1. The highest BCUT2D eigenvalue weighted by molar-refractivity contribution is 5.89. The monoisotopic (exact) mass is 271 g/mol. The molecule has 1 N–H and O–H groups in total. The average molecular weight is 271 g/mol.